The van der Waals surface area contributed by atoms with Crippen LogP contribution in [-0.2, 0) is 23.0 Å². The third-order valence-corrected chi connectivity index (χ3v) is 5.12. The van der Waals surface area contributed by atoms with E-state index in [4.69, 9.17) is 4.74 Å². The first kappa shape index (κ1) is 18.6. The van der Waals surface area contributed by atoms with Crippen molar-refractivity contribution in [2.45, 2.75) is 71.8 Å². The Morgan fingerprint density at radius 3 is 2.50 bits per heavy atom. The second-order valence-corrected chi connectivity index (χ2v) is 6.72. The minimum atomic E-state index is -0.293. The zero-order chi connectivity index (χ0) is 17.7. The molecule has 2 rings (SSSR count). The molecule has 0 radical (unpaired) electrons. The quantitative estimate of drug-likeness (QED) is 0.813. The molecule has 1 amide bonds. The Labute approximate surface area is 144 Å². The van der Waals surface area contributed by atoms with E-state index in [-0.39, 0.29) is 11.9 Å². The molecule has 1 aromatic rings. The van der Waals surface area contributed by atoms with Crippen LogP contribution in [0.2, 0.25) is 0 Å². The van der Waals surface area contributed by atoms with E-state index < -0.39 is 0 Å². The molecule has 0 aliphatic heterocycles. The van der Waals surface area contributed by atoms with Gasteiger partial charge in [-0.25, -0.2) is 4.79 Å². The van der Waals surface area contributed by atoms with Crippen LogP contribution in [0.1, 0.15) is 72.8 Å². The summed E-state index contributed by atoms with van der Waals surface area (Å²) >= 11 is 0. The highest BCUT2D eigenvalue weighted by Crippen LogP contribution is 2.23. The van der Waals surface area contributed by atoms with Gasteiger partial charge in [-0.3, -0.25) is 4.79 Å². The summed E-state index contributed by atoms with van der Waals surface area (Å²) < 4.78 is 7.02. The Bertz CT molecular complexity index is 598. The normalized spacial score (nSPS) is 15.3. The van der Waals surface area contributed by atoms with Crippen LogP contribution in [0.3, 0.4) is 0 Å². The number of aromatic nitrogens is 1. The fourth-order valence-corrected chi connectivity index (χ4v) is 3.68. The summed E-state index contributed by atoms with van der Waals surface area (Å²) in [5, 5.41) is 3.16. The highest BCUT2D eigenvalue weighted by atomic mass is 16.5. The van der Waals surface area contributed by atoms with E-state index >= 15 is 0 Å². The minimum absolute atomic E-state index is 0.113. The number of esters is 1. The Balaban J connectivity index is 2.00. The van der Waals surface area contributed by atoms with E-state index in [1.807, 2.05) is 25.5 Å². The highest BCUT2D eigenvalue weighted by molar-refractivity contribution is 5.90. The average Bonchev–Trinajstić information content (AvgIpc) is 2.76. The lowest BCUT2D eigenvalue weighted by Gasteiger charge is -2.22. The predicted molar refractivity (Wildman–Crippen MR) is 94.2 cm³/mol. The van der Waals surface area contributed by atoms with Crippen molar-refractivity contribution in [1.82, 2.24) is 9.88 Å². The van der Waals surface area contributed by atoms with Gasteiger partial charge in [0.2, 0.25) is 5.91 Å². The molecular weight excluding hydrogens is 304 g/mol. The van der Waals surface area contributed by atoms with Gasteiger partial charge in [-0.15, -0.1) is 0 Å². The van der Waals surface area contributed by atoms with Crippen LogP contribution >= 0.6 is 0 Å². The fourth-order valence-electron chi connectivity index (χ4n) is 3.68. The summed E-state index contributed by atoms with van der Waals surface area (Å²) in [4.78, 5) is 24.4. The van der Waals surface area contributed by atoms with Crippen LogP contribution < -0.4 is 5.32 Å². The third kappa shape index (κ3) is 4.19. The van der Waals surface area contributed by atoms with Crippen molar-refractivity contribution in [1.29, 1.82) is 0 Å². The lowest BCUT2D eigenvalue weighted by atomic mass is 9.95. The first-order valence-corrected chi connectivity index (χ1v) is 9.06. The van der Waals surface area contributed by atoms with Gasteiger partial charge < -0.3 is 14.6 Å². The zero-order valence-electron chi connectivity index (χ0n) is 15.4. The molecule has 0 unspecified atom stereocenters. The molecule has 1 fully saturated rings. The first-order valence-electron chi connectivity index (χ1n) is 9.06. The van der Waals surface area contributed by atoms with Gasteiger partial charge in [0.1, 0.15) is 5.69 Å². The van der Waals surface area contributed by atoms with Gasteiger partial charge in [-0.1, -0.05) is 19.3 Å². The molecule has 1 saturated carbocycles. The molecule has 134 valence electrons. The molecule has 1 aliphatic carbocycles. The molecule has 5 heteroatoms. The van der Waals surface area contributed by atoms with Crippen molar-refractivity contribution in [3.63, 3.8) is 0 Å². The zero-order valence-corrected chi connectivity index (χ0v) is 15.4. The topological polar surface area (TPSA) is 60.3 Å². The van der Waals surface area contributed by atoms with Gasteiger partial charge in [0, 0.05) is 25.2 Å². The van der Waals surface area contributed by atoms with Crippen LogP contribution in [0.15, 0.2) is 0 Å². The molecule has 5 nitrogen and oxygen atoms in total. The summed E-state index contributed by atoms with van der Waals surface area (Å²) in [6.07, 6.45) is 7.03. The number of carbonyl (C=O) groups is 2. The molecule has 0 saturated heterocycles. The Kier molecular flexibility index (Phi) is 6.46. The number of nitrogens with zero attached hydrogens (tertiary/aromatic N) is 1. The van der Waals surface area contributed by atoms with Crippen molar-refractivity contribution in [3.8, 4) is 0 Å². The van der Waals surface area contributed by atoms with Gasteiger partial charge in [0.05, 0.1) is 6.61 Å². The molecule has 0 aromatic carbocycles. The molecule has 1 aliphatic rings. The van der Waals surface area contributed by atoms with Crippen LogP contribution in [0.5, 0.6) is 0 Å². The van der Waals surface area contributed by atoms with E-state index in [0.717, 1.165) is 29.7 Å². The summed E-state index contributed by atoms with van der Waals surface area (Å²) in [6, 6.07) is 0.347. The van der Waals surface area contributed by atoms with Crippen molar-refractivity contribution in [2.24, 2.45) is 7.05 Å². The number of ether oxygens (including phenoxy) is 1. The second-order valence-electron chi connectivity index (χ2n) is 6.72. The molecular formula is C19H30N2O3. The van der Waals surface area contributed by atoms with Gasteiger partial charge in [-0.05, 0) is 51.2 Å². The number of carbonyl (C=O) groups excluding carboxylic acids is 2. The molecule has 1 heterocycles. The standard InChI is InChI=1S/C19H30N2O3/c1-5-24-19(23)18-13(2)16(14(3)21(18)4)11-12-17(22)20-15-9-7-6-8-10-15/h15H,5-12H2,1-4H3,(H,20,22). The van der Waals surface area contributed by atoms with Crippen LogP contribution in [0.4, 0.5) is 0 Å². The second kappa shape index (κ2) is 8.36. The van der Waals surface area contributed by atoms with Gasteiger partial charge in [0.15, 0.2) is 0 Å². The maximum absolute atomic E-state index is 12.2. The number of hydrogen-bond donors (Lipinski definition) is 1. The number of rotatable bonds is 6. The van der Waals surface area contributed by atoms with Crippen molar-refractivity contribution < 1.29 is 14.3 Å². The molecule has 0 bridgehead atoms. The highest BCUT2D eigenvalue weighted by Gasteiger charge is 2.22. The van der Waals surface area contributed by atoms with E-state index in [2.05, 4.69) is 5.32 Å². The molecule has 0 atom stereocenters. The molecule has 1 aromatic heterocycles. The van der Waals surface area contributed by atoms with Crippen LogP contribution in [0, 0.1) is 13.8 Å². The SMILES string of the molecule is CCOC(=O)c1c(C)c(CCC(=O)NC2CCCCC2)c(C)n1C. The largest absolute Gasteiger partial charge is 0.461 e. The average molecular weight is 334 g/mol. The monoisotopic (exact) mass is 334 g/mol. The van der Waals surface area contributed by atoms with E-state index in [0.29, 0.717) is 31.2 Å². The smallest absolute Gasteiger partial charge is 0.355 e. The van der Waals surface area contributed by atoms with Crippen molar-refractivity contribution in [2.75, 3.05) is 6.61 Å². The maximum atomic E-state index is 12.2. The lowest BCUT2D eigenvalue weighted by molar-refractivity contribution is -0.121. The number of amides is 1. The van der Waals surface area contributed by atoms with E-state index in [1.54, 1.807) is 6.92 Å². The Morgan fingerprint density at radius 2 is 1.88 bits per heavy atom. The fraction of sp³-hybridized carbons (Fsp3) is 0.684. The number of nitrogens with one attached hydrogen (secondary N) is 1. The summed E-state index contributed by atoms with van der Waals surface area (Å²) in [6.45, 7) is 6.10. The summed E-state index contributed by atoms with van der Waals surface area (Å²) in [5.74, 6) is -0.180. The van der Waals surface area contributed by atoms with Crippen molar-refractivity contribution >= 4 is 11.9 Å². The lowest BCUT2D eigenvalue weighted by Crippen LogP contribution is -2.36. The molecule has 1 N–H and O–H groups in total. The van der Waals surface area contributed by atoms with Gasteiger partial charge in [-0.2, -0.15) is 0 Å². The van der Waals surface area contributed by atoms with Crippen molar-refractivity contribution in [3.05, 3.63) is 22.5 Å². The molecule has 0 spiro atoms. The van der Waals surface area contributed by atoms with E-state index in [9.17, 15) is 9.59 Å². The molecule has 24 heavy (non-hydrogen) atoms. The predicted octanol–water partition coefficient (Wildman–Crippen LogP) is 3.20. The number of hydrogen-bond acceptors (Lipinski definition) is 3. The maximum Gasteiger partial charge on any atom is 0.355 e. The van der Waals surface area contributed by atoms with Crippen LogP contribution in [-0.4, -0.2) is 29.1 Å². The van der Waals surface area contributed by atoms with Gasteiger partial charge in [0.25, 0.3) is 0 Å². The minimum Gasteiger partial charge on any atom is -0.461 e. The Hall–Kier alpha value is -1.78. The third-order valence-electron chi connectivity index (χ3n) is 5.12. The van der Waals surface area contributed by atoms with Crippen LogP contribution in [0.25, 0.3) is 0 Å². The summed E-state index contributed by atoms with van der Waals surface area (Å²) in [7, 11) is 1.88. The van der Waals surface area contributed by atoms with E-state index in [1.165, 1.54) is 19.3 Å². The Morgan fingerprint density at radius 1 is 1.21 bits per heavy atom. The first-order chi connectivity index (χ1) is 11.5. The van der Waals surface area contributed by atoms with Gasteiger partial charge >= 0.3 is 5.97 Å². The summed E-state index contributed by atoms with van der Waals surface area (Å²) in [5.41, 5.74) is 3.64.